The number of piperidine rings is 1. The smallest absolute Gasteiger partial charge is 0.236 e. The van der Waals surface area contributed by atoms with Crippen LogP contribution in [-0.4, -0.2) is 72.9 Å². The number of hydrogen-bond donors (Lipinski definition) is 1. The van der Waals surface area contributed by atoms with Gasteiger partial charge in [-0.2, -0.15) is 0 Å². The Labute approximate surface area is 102 Å². The van der Waals surface area contributed by atoms with Gasteiger partial charge in [-0.25, -0.2) is 0 Å². The van der Waals surface area contributed by atoms with E-state index in [1.165, 1.54) is 6.42 Å². The van der Waals surface area contributed by atoms with E-state index >= 15 is 0 Å². The van der Waals surface area contributed by atoms with Gasteiger partial charge in [-0.05, 0) is 19.3 Å². The fourth-order valence-electron chi connectivity index (χ4n) is 2.48. The summed E-state index contributed by atoms with van der Waals surface area (Å²) in [5.74, 6) is 0.199. The van der Waals surface area contributed by atoms with Gasteiger partial charge < -0.3 is 14.7 Å². The van der Waals surface area contributed by atoms with E-state index in [1.54, 1.807) is 0 Å². The maximum absolute atomic E-state index is 12.1. The van der Waals surface area contributed by atoms with E-state index in [2.05, 4.69) is 0 Å². The first-order valence-electron chi connectivity index (χ1n) is 6.51. The number of aliphatic hydroxyl groups is 1. The van der Waals surface area contributed by atoms with Crippen LogP contribution in [0.15, 0.2) is 0 Å². The van der Waals surface area contributed by atoms with E-state index in [1.807, 2.05) is 9.80 Å². The molecule has 1 N–H and O–H groups in total. The molecule has 2 aliphatic rings. The maximum atomic E-state index is 12.1. The molecular formula is C12H22N2O3. The summed E-state index contributed by atoms with van der Waals surface area (Å²) in [7, 11) is 0. The lowest BCUT2D eigenvalue weighted by atomic mass is 10.1. The monoisotopic (exact) mass is 242 g/mol. The summed E-state index contributed by atoms with van der Waals surface area (Å²) in [4.78, 5) is 16.1. The van der Waals surface area contributed by atoms with E-state index in [-0.39, 0.29) is 18.6 Å². The SMILES string of the molecule is O=C(CN1CCOCC1CO)N1CCCCC1. The van der Waals surface area contributed by atoms with Crippen molar-refractivity contribution in [2.45, 2.75) is 25.3 Å². The van der Waals surface area contributed by atoms with Gasteiger partial charge in [-0.3, -0.25) is 9.69 Å². The van der Waals surface area contributed by atoms with Crippen LogP contribution in [0.25, 0.3) is 0 Å². The van der Waals surface area contributed by atoms with Gasteiger partial charge in [-0.1, -0.05) is 0 Å². The Kier molecular flexibility index (Phi) is 4.76. The number of rotatable bonds is 3. The zero-order valence-electron chi connectivity index (χ0n) is 10.3. The molecule has 2 rings (SSSR count). The molecule has 0 spiro atoms. The molecule has 1 unspecified atom stereocenters. The molecule has 0 radical (unpaired) electrons. The molecule has 0 aromatic rings. The molecule has 5 heteroatoms. The third kappa shape index (κ3) is 3.40. The van der Waals surface area contributed by atoms with Gasteiger partial charge in [0.25, 0.3) is 0 Å². The summed E-state index contributed by atoms with van der Waals surface area (Å²) in [6.45, 7) is 4.21. The zero-order valence-corrected chi connectivity index (χ0v) is 10.3. The third-order valence-corrected chi connectivity index (χ3v) is 3.61. The number of carbonyl (C=O) groups excluding carboxylic acids is 1. The predicted molar refractivity (Wildman–Crippen MR) is 63.7 cm³/mol. The fourth-order valence-corrected chi connectivity index (χ4v) is 2.48. The maximum Gasteiger partial charge on any atom is 0.236 e. The third-order valence-electron chi connectivity index (χ3n) is 3.61. The number of likely N-dealkylation sites (tertiary alicyclic amines) is 1. The van der Waals surface area contributed by atoms with E-state index in [9.17, 15) is 9.90 Å². The van der Waals surface area contributed by atoms with Gasteiger partial charge in [0, 0.05) is 19.6 Å². The van der Waals surface area contributed by atoms with E-state index in [0.717, 1.165) is 32.5 Å². The molecule has 2 fully saturated rings. The highest BCUT2D eigenvalue weighted by Gasteiger charge is 2.26. The van der Waals surface area contributed by atoms with Crippen molar-refractivity contribution >= 4 is 5.91 Å². The molecular weight excluding hydrogens is 220 g/mol. The number of aliphatic hydroxyl groups excluding tert-OH is 1. The highest BCUT2D eigenvalue weighted by molar-refractivity contribution is 5.78. The molecule has 0 aliphatic carbocycles. The Morgan fingerprint density at radius 2 is 2.00 bits per heavy atom. The molecule has 0 saturated carbocycles. The number of hydrogen-bond acceptors (Lipinski definition) is 4. The topological polar surface area (TPSA) is 53.0 Å². The van der Waals surface area contributed by atoms with Crippen molar-refractivity contribution in [2.24, 2.45) is 0 Å². The van der Waals surface area contributed by atoms with Crippen molar-refractivity contribution in [3.05, 3.63) is 0 Å². The molecule has 0 aromatic heterocycles. The lowest BCUT2D eigenvalue weighted by molar-refractivity contribution is -0.136. The van der Waals surface area contributed by atoms with Gasteiger partial charge in [0.15, 0.2) is 0 Å². The molecule has 1 amide bonds. The van der Waals surface area contributed by atoms with Crippen LogP contribution >= 0.6 is 0 Å². The first-order chi connectivity index (χ1) is 8.31. The van der Waals surface area contributed by atoms with E-state index in [4.69, 9.17) is 4.74 Å². The van der Waals surface area contributed by atoms with Crippen LogP contribution in [-0.2, 0) is 9.53 Å². The van der Waals surface area contributed by atoms with Crippen LogP contribution in [0.5, 0.6) is 0 Å². The minimum atomic E-state index is -0.0162. The van der Waals surface area contributed by atoms with Gasteiger partial charge in [0.05, 0.1) is 32.4 Å². The summed E-state index contributed by atoms with van der Waals surface area (Å²) >= 11 is 0. The highest BCUT2D eigenvalue weighted by atomic mass is 16.5. The van der Waals surface area contributed by atoms with E-state index < -0.39 is 0 Å². The number of ether oxygens (including phenoxy) is 1. The Morgan fingerprint density at radius 1 is 1.24 bits per heavy atom. The average Bonchev–Trinajstić information content (AvgIpc) is 2.40. The van der Waals surface area contributed by atoms with Crippen LogP contribution in [0, 0.1) is 0 Å². The molecule has 17 heavy (non-hydrogen) atoms. The fraction of sp³-hybridized carbons (Fsp3) is 0.917. The summed E-state index contributed by atoms with van der Waals surface area (Å²) in [6.07, 6.45) is 3.48. The van der Waals surface area contributed by atoms with Gasteiger partial charge in [0.1, 0.15) is 0 Å². The summed E-state index contributed by atoms with van der Waals surface area (Å²) in [5.41, 5.74) is 0. The first-order valence-corrected chi connectivity index (χ1v) is 6.51. The Hall–Kier alpha value is -0.650. The summed E-state index contributed by atoms with van der Waals surface area (Å²) in [6, 6.07) is -0.0162. The van der Waals surface area contributed by atoms with Crippen LogP contribution in [0.1, 0.15) is 19.3 Å². The molecule has 2 saturated heterocycles. The Bertz CT molecular complexity index is 254. The minimum absolute atomic E-state index is 0.0162. The van der Waals surface area contributed by atoms with Crippen LogP contribution < -0.4 is 0 Å². The lowest BCUT2D eigenvalue weighted by Crippen LogP contribution is -2.52. The summed E-state index contributed by atoms with van der Waals surface area (Å²) in [5, 5.41) is 9.24. The zero-order chi connectivity index (χ0) is 12.1. The standard InChI is InChI=1S/C12H22N2O3/c15-9-11-10-17-7-6-14(11)8-12(16)13-4-2-1-3-5-13/h11,15H,1-10H2. The lowest BCUT2D eigenvalue weighted by Gasteiger charge is -2.36. The first kappa shape index (κ1) is 12.8. The van der Waals surface area contributed by atoms with E-state index in [0.29, 0.717) is 19.8 Å². The second-order valence-corrected chi connectivity index (χ2v) is 4.82. The number of carbonyl (C=O) groups is 1. The number of amides is 1. The number of morpholine rings is 1. The van der Waals surface area contributed by atoms with Crippen molar-refractivity contribution in [1.29, 1.82) is 0 Å². The Morgan fingerprint density at radius 3 is 2.71 bits per heavy atom. The van der Waals surface area contributed by atoms with Crippen LogP contribution in [0.2, 0.25) is 0 Å². The normalized spacial score (nSPS) is 27.1. The molecule has 0 bridgehead atoms. The molecule has 0 aromatic carbocycles. The van der Waals surface area contributed by atoms with Gasteiger partial charge in [0.2, 0.25) is 5.91 Å². The number of nitrogens with zero attached hydrogens (tertiary/aromatic N) is 2. The van der Waals surface area contributed by atoms with Gasteiger partial charge >= 0.3 is 0 Å². The molecule has 5 nitrogen and oxygen atoms in total. The molecule has 2 heterocycles. The van der Waals surface area contributed by atoms with Crippen molar-refractivity contribution in [1.82, 2.24) is 9.80 Å². The molecule has 1 atom stereocenters. The molecule has 2 aliphatic heterocycles. The van der Waals surface area contributed by atoms with Crippen LogP contribution in [0.4, 0.5) is 0 Å². The second-order valence-electron chi connectivity index (χ2n) is 4.82. The quantitative estimate of drug-likeness (QED) is 0.738. The van der Waals surface area contributed by atoms with Crippen molar-refractivity contribution in [2.75, 3.05) is 46.0 Å². The highest BCUT2D eigenvalue weighted by Crippen LogP contribution is 2.11. The van der Waals surface area contributed by atoms with Crippen molar-refractivity contribution in [3.8, 4) is 0 Å². The summed E-state index contributed by atoms with van der Waals surface area (Å²) < 4.78 is 5.30. The van der Waals surface area contributed by atoms with Crippen molar-refractivity contribution in [3.63, 3.8) is 0 Å². The van der Waals surface area contributed by atoms with Crippen LogP contribution in [0.3, 0.4) is 0 Å². The van der Waals surface area contributed by atoms with Gasteiger partial charge in [-0.15, -0.1) is 0 Å². The Balaban J connectivity index is 1.83. The average molecular weight is 242 g/mol. The minimum Gasteiger partial charge on any atom is -0.395 e. The predicted octanol–water partition coefficient (Wildman–Crippen LogP) is -0.308. The van der Waals surface area contributed by atoms with Crippen molar-refractivity contribution < 1.29 is 14.6 Å². The second kappa shape index (κ2) is 6.33. The largest absolute Gasteiger partial charge is 0.395 e. The molecule has 98 valence electrons.